The molecule has 9 aromatic rings. The minimum atomic E-state index is 0. The topological polar surface area (TPSA) is 56.7 Å². The average molecular weight is 721 g/mol. The molecule has 0 fully saturated rings. The molecular weight excluding hydrogens is 701 g/mol. The summed E-state index contributed by atoms with van der Waals surface area (Å²) < 4.78 is 10.5. The van der Waals surface area contributed by atoms with Gasteiger partial charge in [-0.1, -0.05) is 88.3 Å². The molecule has 42 heavy (non-hydrogen) atoms. The van der Waals surface area contributed by atoms with Crippen LogP contribution >= 0.6 is 0 Å². The number of rotatable bonds is 3. The zero-order valence-electron chi connectivity index (χ0n) is 21.9. The number of hydrogen-bond acceptors (Lipinski definition) is 4. The van der Waals surface area contributed by atoms with E-state index in [-0.39, 0.29) is 21.1 Å². The Morgan fingerprint density at radius 1 is 0.571 bits per heavy atom. The van der Waals surface area contributed by atoms with Crippen molar-refractivity contribution in [1.29, 1.82) is 0 Å². The molecule has 0 aliphatic heterocycles. The number of imidazole rings is 2. The molecule has 0 aliphatic carbocycles. The first-order valence-electron chi connectivity index (χ1n) is 13.3. The molecule has 7 heteroatoms. The van der Waals surface area contributed by atoms with Crippen molar-refractivity contribution < 1.29 is 25.8 Å². The molecule has 0 aliphatic rings. The molecule has 0 radical (unpaired) electrons. The first-order valence-corrected chi connectivity index (χ1v) is 13.3. The molecule has 0 spiro atoms. The Bertz CT molecular complexity index is 2460. The molecule has 200 valence electrons. The van der Waals surface area contributed by atoms with Crippen molar-refractivity contribution in [3.63, 3.8) is 0 Å². The number of nitrogens with zero attached hydrogens (tertiary/aromatic N) is 5. The van der Waals surface area contributed by atoms with E-state index in [4.69, 9.17) is 9.72 Å². The summed E-state index contributed by atoms with van der Waals surface area (Å²) in [5, 5.41) is 6.06. The fourth-order valence-electron chi connectivity index (χ4n) is 5.93. The van der Waals surface area contributed by atoms with Crippen LogP contribution in [0.1, 0.15) is 0 Å². The normalized spacial score (nSPS) is 11.6. The van der Waals surface area contributed by atoms with Crippen LogP contribution in [-0.4, -0.2) is 23.8 Å². The van der Waals surface area contributed by atoms with Gasteiger partial charge in [0.1, 0.15) is 0 Å². The van der Waals surface area contributed by atoms with Gasteiger partial charge in [0.05, 0.1) is 11.3 Å². The van der Waals surface area contributed by atoms with E-state index in [2.05, 4.69) is 79.4 Å². The first kappa shape index (κ1) is 24.7. The standard InChI is InChI=1S/C35H19N5O.Pt/c1-2-4-22(5-3-1)23-6-9-28-26-10-7-24(19-29(26)35-38-15-17-40(35)33(28)18-23)41-25-8-11-27-30(20-25)34-37-14-16-39(34)32-12-13-36-21-31(27)32;/h1-18,21H;/q-2;+2. The van der Waals surface area contributed by atoms with Crippen LogP contribution in [0.4, 0.5) is 0 Å². The van der Waals surface area contributed by atoms with Crippen molar-refractivity contribution in [3.05, 3.63) is 128 Å². The Kier molecular flexibility index (Phi) is 5.59. The van der Waals surface area contributed by atoms with Crippen LogP contribution in [0.2, 0.25) is 0 Å². The minimum absolute atomic E-state index is 0. The summed E-state index contributed by atoms with van der Waals surface area (Å²) in [7, 11) is 0. The van der Waals surface area contributed by atoms with E-state index in [1.54, 1.807) is 12.4 Å². The van der Waals surface area contributed by atoms with Crippen LogP contribution < -0.4 is 4.74 Å². The Balaban J connectivity index is 0.00000267. The van der Waals surface area contributed by atoms with Crippen LogP contribution in [-0.2, 0) is 21.1 Å². The van der Waals surface area contributed by atoms with E-state index >= 15 is 0 Å². The third-order valence-corrected chi connectivity index (χ3v) is 7.79. The first-order chi connectivity index (χ1) is 20.3. The summed E-state index contributed by atoms with van der Waals surface area (Å²) in [5.74, 6) is 1.19. The maximum absolute atomic E-state index is 6.35. The number of ether oxygens (including phenoxy) is 1. The Morgan fingerprint density at radius 3 is 1.93 bits per heavy atom. The van der Waals surface area contributed by atoms with E-state index in [1.807, 2.05) is 55.1 Å². The van der Waals surface area contributed by atoms with E-state index in [9.17, 15) is 0 Å². The largest absolute Gasteiger partial charge is 2.00 e. The van der Waals surface area contributed by atoms with Gasteiger partial charge in [-0.25, -0.2) is 0 Å². The van der Waals surface area contributed by atoms with Crippen molar-refractivity contribution in [2.24, 2.45) is 0 Å². The number of pyridine rings is 3. The van der Waals surface area contributed by atoms with Crippen LogP contribution in [0, 0.1) is 12.1 Å². The van der Waals surface area contributed by atoms with Crippen LogP contribution in [0.5, 0.6) is 11.5 Å². The maximum atomic E-state index is 6.35. The molecule has 5 heterocycles. The van der Waals surface area contributed by atoms with Crippen LogP contribution in [0.25, 0.3) is 65.8 Å². The molecule has 0 amide bonds. The van der Waals surface area contributed by atoms with Gasteiger partial charge in [-0.15, -0.1) is 12.1 Å². The van der Waals surface area contributed by atoms with Gasteiger partial charge in [0.2, 0.25) is 0 Å². The number of benzene rings is 4. The maximum Gasteiger partial charge on any atom is 2.00 e. The summed E-state index contributed by atoms with van der Waals surface area (Å²) in [4.78, 5) is 13.6. The van der Waals surface area contributed by atoms with Crippen molar-refractivity contribution in [3.8, 4) is 22.6 Å². The van der Waals surface area contributed by atoms with Crippen LogP contribution in [0.3, 0.4) is 0 Å². The van der Waals surface area contributed by atoms with Gasteiger partial charge in [-0.3, -0.25) is 15.0 Å². The molecule has 0 saturated heterocycles. The average Bonchev–Trinajstić information content (AvgIpc) is 3.73. The molecule has 0 bridgehead atoms. The Hall–Kier alpha value is -5.06. The predicted octanol–water partition coefficient (Wildman–Crippen LogP) is 8.05. The van der Waals surface area contributed by atoms with E-state index < -0.39 is 0 Å². The third-order valence-electron chi connectivity index (χ3n) is 7.79. The molecule has 0 atom stereocenters. The molecule has 6 nitrogen and oxygen atoms in total. The minimum Gasteiger partial charge on any atom is -0.497 e. The van der Waals surface area contributed by atoms with Crippen molar-refractivity contribution >= 4 is 54.6 Å². The summed E-state index contributed by atoms with van der Waals surface area (Å²) in [5.41, 5.74) is 6.16. The number of hydrogen-bond donors (Lipinski definition) is 0. The van der Waals surface area contributed by atoms with Gasteiger partial charge >= 0.3 is 21.1 Å². The summed E-state index contributed by atoms with van der Waals surface area (Å²) >= 11 is 0. The molecule has 0 N–H and O–H groups in total. The molecular formula is C35H19N5OPt. The van der Waals surface area contributed by atoms with Gasteiger partial charge in [0.15, 0.2) is 0 Å². The monoisotopic (exact) mass is 720 g/mol. The molecule has 0 unspecified atom stereocenters. The van der Waals surface area contributed by atoms with E-state index in [0.29, 0.717) is 11.5 Å². The van der Waals surface area contributed by atoms with Crippen LogP contribution in [0.15, 0.2) is 116 Å². The summed E-state index contributed by atoms with van der Waals surface area (Å²) in [6.45, 7) is 0. The van der Waals surface area contributed by atoms with Gasteiger partial charge in [0, 0.05) is 59.7 Å². The zero-order valence-corrected chi connectivity index (χ0v) is 24.2. The van der Waals surface area contributed by atoms with Gasteiger partial charge in [-0.2, -0.15) is 0 Å². The summed E-state index contributed by atoms with van der Waals surface area (Å²) in [6, 6.07) is 34.0. The fourth-order valence-corrected chi connectivity index (χ4v) is 5.93. The Morgan fingerprint density at radius 2 is 1.21 bits per heavy atom. The van der Waals surface area contributed by atoms with Gasteiger partial charge in [-0.05, 0) is 34.0 Å². The second-order valence-electron chi connectivity index (χ2n) is 10.1. The predicted molar refractivity (Wildman–Crippen MR) is 161 cm³/mol. The second-order valence-corrected chi connectivity index (χ2v) is 10.1. The van der Waals surface area contributed by atoms with E-state index in [1.165, 1.54) is 11.1 Å². The van der Waals surface area contributed by atoms with Crippen molar-refractivity contribution in [2.45, 2.75) is 0 Å². The number of aromatic nitrogens is 5. The second kappa shape index (κ2) is 9.50. The molecule has 0 saturated carbocycles. The Labute approximate surface area is 254 Å². The van der Waals surface area contributed by atoms with Crippen molar-refractivity contribution in [1.82, 2.24) is 23.8 Å². The fraction of sp³-hybridized carbons (Fsp3) is 0. The number of fused-ring (bicyclic) bond motifs is 12. The smallest absolute Gasteiger partial charge is 0.497 e. The summed E-state index contributed by atoms with van der Waals surface area (Å²) in [6.07, 6.45) is 11.3. The van der Waals surface area contributed by atoms with Crippen molar-refractivity contribution in [2.75, 3.05) is 0 Å². The molecule has 9 rings (SSSR count). The SMILES string of the molecule is [Pt+2].[c-]1c(Oc2[c-]c3c(cc2)c2ccc(-c4ccccc4)cc2n2ccnc32)ccc2c1c1nccn1c1ccncc21. The zero-order chi connectivity index (χ0) is 26.9. The quantitative estimate of drug-likeness (QED) is 0.137. The van der Waals surface area contributed by atoms with Gasteiger partial charge < -0.3 is 13.5 Å². The van der Waals surface area contributed by atoms with E-state index in [0.717, 1.165) is 54.6 Å². The van der Waals surface area contributed by atoms with Gasteiger partial charge in [0.25, 0.3) is 0 Å². The third kappa shape index (κ3) is 3.65. The molecule has 5 aromatic heterocycles. The molecule has 4 aromatic carbocycles.